The lowest BCUT2D eigenvalue weighted by Gasteiger charge is -2.12. The lowest BCUT2D eigenvalue weighted by molar-refractivity contribution is 0.110. The van der Waals surface area contributed by atoms with E-state index in [-0.39, 0.29) is 0 Å². The normalized spacial score (nSPS) is 15.5. The number of aldehydes is 1. The predicted octanol–water partition coefficient (Wildman–Crippen LogP) is 1.47. The van der Waals surface area contributed by atoms with Crippen LogP contribution in [0.5, 0.6) is 0 Å². The van der Waals surface area contributed by atoms with Gasteiger partial charge in [0, 0.05) is 19.2 Å². The van der Waals surface area contributed by atoms with E-state index in [1.807, 2.05) is 11.0 Å². The van der Waals surface area contributed by atoms with Gasteiger partial charge in [-0.25, -0.2) is 0 Å². The van der Waals surface area contributed by atoms with Crippen LogP contribution < -0.4 is 4.90 Å². The molecule has 0 saturated carbocycles. The molecule has 0 saturated heterocycles. The maximum atomic E-state index is 10.3. The van der Waals surface area contributed by atoms with Gasteiger partial charge in [-0.15, -0.1) is 0 Å². The minimum Gasteiger partial charge on any atom is -0.438 e. The van der Waals surface area contributed by atoms with Crippen LogP contribution in [-0.2, 0) is 0 Å². The molecule has 62 valence electrons. The zero-order valence-electron chi connectivity index (χ0n) is 6.56. The fourth-order valence-electron chi connectivity index (χ4n) is 1.23. The molecule has 12 heavy (non-hydrogen) atoms. The molecule has 0 amide bonds. The topological polar surface area (TPSA) is 33.5 Å². The van der Waals surface area contributed by atoms with Crippen molar-refractivity contribution in [3.63, 3.8) is 0 Å². The predicted molar refractivity (Wildman–Crippen MR) is 45.4 cm³/mol. The van der Waals surface area contributed by atoms with E-state index in [0.717, 1.165) is 19.0 Å². The van der Waals surface area contributed by atoms with E-state index < -0.39 is 0 Å². The van der Waals surface area contributed by atoms with Crippen LogP contribution in [0, 0.1) is 0 Å². The first kappa shape index (κ1) is 7.16. The van der Waals surface area contributed by atoms with Gasteiger partial charge in [0.15, 0.2) is 17.9 Å². The van der Waals surface area contributed by atoms with Crippen molar-refractivity contribution in [3.05, 3.63) is 30.0 Å². The molecule has 1 aliphatic rings. The monoisotopic (exact) mass is 163 g/mol. The third-order valence-corrected chi connectivity index (χ3v) is 1.86. The van der Waals surface area contributed by atoms with Crippen molar-refractivity contribution in [1.82, 2.24) is 0 Å². The van der Waals surface area contributed by atoms with Crippen molar-refractivity contribution < 1.29 is 9.21 Å². The molecule has 1 aromatic rings. The van der Waals surface area contributed by atoms with Crippen LogP contribution in [-0.4, -0.2) is 19.4 Å². The van der Waals surface area contributed by atoms with Crippen molar-refractivity contribution in [2.75, 3.05) is 18.0 Å². The lowest BCUT2D eigenvalue weighted by atomic mass is 10.5. The highest BCUT2D eigenvalue weighted by Crippen LogP contribution is 2.19. The zero-order valence-corrected chi connectivity index (χ0v) is 6.56. The van der Waals surface area contributed by atoms with Crippen molar-refractivity contribution in [2.24, 2.45) is 0 Å². The van der Waals surface area contributed by atoms with Crippen LogP contribution in [0.4, 0.5) is 5.88 Å². The van der Waals surface area contributed by atoms with Gasteiger partial charge in [-0.2, -0.15) is 0 Å². The van der Waals surface area contributed by atoms with Gasteiger partial charge in [-0.1, -0.05) is 12.2 Å². The smallest absolute Gasteiger partial charge is 0.196 e. The van der Waals surface area contributed by atoms with Crippen molar-refractivity contribution in [1.29, 1.82) is 0 Å². The summed E-state index contributed by atoms with van der Waals surface area (Å²) in [5.74, 6) is 1.15. The molecule has 3 nitrogen and oxygen atoms in total. The zero-order chi connectivity index (χ0) is 8.39. The van der Waals surface area contributed by atoms with E-state index in [1.54, 1.807) is 6.07 Å². The second kappa shape index (κ2) is 2.85. The summed E-state index contributed by atoms with van der Waals surface area (Å²) in [6.07, 6.45) is 4.86. The molecule has 0 bridgehead atoms. The Balaban J connectivity index is 2.17. The summed E-state index contributed by atoms with van der Waals surface area (Å²) >= 11 is 0. The molecular weight excluding hydrogens is 154 g/mol. The van der Waals surface area contributed by atoms with Crippen LogP contribution in [0.15, 0.2) is 28.7 Å². The van der Waals surface area contributed by atoms with E-state index in [1.165, 1.54) is 0 Å². The molecule has 1 aliphatic heterocycles. The number of carbonyl (C=O) groups excluding carboxylic acids is 1. The Kier molecular flexibility index (Phi) is 1.70. The lowest BCUT2D eigenvalue weighted by Crippen LogP contribution is -2.17. The molecule has 3 heteroatoms. The molecule has 0 fully saturated rings. The minimum absolute atomic E-state index is 0.386. The summed E-state index contributed by atoms with van der Waals surface area (Å²) in [5, 5.41) is 0. The molecule has 1 aromatic heterocycles. The highest BCUT2D eigenvalue weighted by molar-refractivity contribution is 5.71. The van der Waals surface area contributed by atoms with Crippen molar-refractivity contribution >= 4 is 12.2 Å². The fourth-order valence-corrected chi connectivity index (χ4v) is 1.23. The van der Waals surface area contributed by atoms with E-state index >= 15 is 0 Å². The molecule has 0 unspecified atom stereocenters. The van der Waals surface area contributed by atoms with Gasteiger partial charge in [0.1, 0.15) is 0 Å². The Bertz CT molecular complexity index is 306. The van der Waals surface area contributed by atoms with Gasteiger partial charge in [0.2, 0.25) is 0 Å². The average molecular weight is 163 g/mol. The summed E-state index contributed by atoms with van der Waals surface area (Å²) in [5.41, 5.74) is 0. The molecule has 2 rings (SSSR count). The minimum atomic E-state index is 0.386. The second-order valence-corrected chi connectivity index (χ2v) is 2.67. The number of nitrogens with zero attached hydrogens (tertiary/aromatic N) is 1. The van der Waals surface area contributed by atoms with Crippen LogP contribution >= 0.6 is 0 Å². The quantitative estimate of drug-likeness (QED) is 0.489. The van der Waals surface area contributed by atoms with Gasteiger partial charge < -0.3 is 9.32 Å². The third-order valence-electron chi connectivity index (χ3n) is 1.86. The molecule has 0 radical (unpaired) electrons. The summed E-state index contributed by atoms with van der Waals surface area (Å²) in [7, 11) is 0. The Morgan fingerprint density at radius 1 is 1.33 bits per heavy atom. The summed E-state index contributed by atoms with van der Waals surface area (Å²) in [6, 6.07) is 3.50. The van der Waals surface area contributed by atoms with Crippen molar-refractivity contribution in [3.8, 4) is 0 Å². The number of hydrogen-bond donors (Lipinski definition) is 0. The number of furan rings is 1. The summed E-state index contributed by atoms with van der Waals surface area (Å²) in [6.45, 7) is 1.73. The van der Waals surface area contributed by atoms with Gasteiger partial charge in [-0.05, 0) is 6.07 Å². The fraction of sp³-hybridized carbons (Fsp3) is 0.222. The van der Waals surface area contributed by atoms with E-state index in [9.17, 15) is 4.79 Å². The maximum absolute atomic E-state index is 10.3. The standard InChI is InChI=1S/C9H9NO2/c11-7-8-3-4-9(12-8)10-5-1-2-6-10/h1-4,7H,5-6H2. The molecule has 0 aromatic carbocycles. The molecule has 0 atom stereocenters. The SMILES string of the molecule is O=Cc1ccc(N2CC=CC2)o1. The summed E-state index contributed by atoms with van der Waals surface area (Å²) < 4.78 is 5.23. The van der Waals surface area contributed by atoms with Crippen LogP contribution in [0.1, 0.15) is 10.6 Å². The molecular formula is C9H9NO2. The Hall–Kier alpha value is -1.51. The molecule has 0 aliphatic carbocycles. The van der Waals surface area contributed by atoms with Crippen molar-refractivity contribution in [2.45, 2.75) is 0 Å². The van der Waals surface area contributed by atoms with E-state index in [2.05, 4.69) is 12.2 Å². The molecule has 0 spiro atoms. The van der Waals surface area contributed by atoms with Crippen LogP contribution in [0.25, 0.3) is 0 Å². The third kappa shape index (κ3) is 1.13. The number of rotatable bonds is 2. The average Bonchev–Trinajstić information content (AvgIpc) is 2.75. The molecule has 0 N–H and O–H groups in total. The first-order chi connectivity index (χ1) is 5.90. The van der Waals surface area contributed by atoms with Crippen LogP contribution in [0.2, 0.25) is 0 Å². The maximum Gasteiger partial charge on any atom is 0.196 e. The van der Waals surface area contributed by atoms with Gasteiger partial charge >= 0.3 is 0 Å². The number of anilines is 1. The second-order valence-electron chi connectivity index (χ2n) is 2.67. The van der Waals surface area contributed by atoms with Gasteiger partial charge in [-0.3, -0.25) is 4.79 Å². The van der Waals surface area contributed by atoms with Gasteiger partial charge in [0.05, 0.1) is 0 Å². The Morgan fingerprint density at radius 2 is 2.08 bits per heavy atom. The molecule has 2 heterocycles. The Morgan fingerprint density at radius 3 is 2.67 bits per heavy atom. The largest absolute Gasteiger partial charge is 0.438 e. The van der Waals surface area contributed by atoms with Gasteiger partial charge in [0.25, 0.3) is 0 Å². The van der Waals surface area contributed by atoms with E-state index in [0.29, 0.717) is 12.0 Å². The number of hydrogen-bond acceptors (Lipinski definition) is 3. The first-order valence-electron chi connectivity index (χ1n) is 3.85. The highest BCUT2D eigenvalue weighted by atomic mass is 16.4. The number of carbonyl (C=O) groups is 1. The first-order valence-corrected chi connectivity index (χ1v) is 3.85. The van der Waals surface area contributed by atoms with E-state index in [4.69, 9.17) is 4.42 Å². The summed E-state index contributed by atoms with van der Waals surface area (Å²) in [4.78, 5) is 12.4. The van der Waals surface area contributed by atoms with Crippen LogP contribution in [0.3, 0.4) is 0 Å². The Labute approximate surface area is 70.3 Å². The highest BCUT2D eigenvalue weighted by Gasteiger charge is 2.10.